The van der Waals surface area contributed by atoms with Gasteiger partial charge in [-0.05, 0) is 44.7 Å². The van der Waals surface area contributed by atoms with E-state index in [2.05, 4.69) is 45.3 Å². The summed E-state index contributed by atoms with van der Waals surface area (Å²) >= 11 is 0. The van der Waals surface area contributed by atoms with Crippen molar-refractivity contribution in [1.29, 1.82) is 0 Å². The fraction of sp³-hybridized carbons (Fsp3) is 0.929. The van der Waals surface area contributed by atoms with E-state index in [9.17, 15) is 4.79 Å². The van der Waals surface area contributed by atoms with Crippen molar-refractivity contribution in [2.24, 2.45) is 17.3 Å². The van der Waals surface area contributed by atoms with E-state index in [1.165, 1.54) is 0 Å². The van der Waals surface area contributed by atoms with Crippen LogP contribution in [0.5, 0.6) is 0 Å². The van der Waals surface area contributed by atoms with Gasteiger partial charge in [0.1, 0.15) is 0 Å². The smallest absolute Gasteiger partial charge is 0.223 e. The summed E-state index contributed by atoms with van der Waals surface area (Å²) in [5.41, 5.74) is 0.110. The minimum atomic E-state index is -0.124. The number of hydrogen-bond acceptors (Lipinski definition) is 2. The Bertz CT molecular complexity index is 274. The van der Waals surface area contributed by atoms with Gasteiger partial charge in [-0.1, -0.05) is 27.7 Å². The first-order valence-electron chi connectivity index (χ1n) is 6.63. The van der Waals surface area contributed by atoms with Crippen LogP contribution in [0.2, 0.25) is 0 Å². The molecule has 0 aromatic rings. The molecular formula is C14H28N2O. The van der Waals surface area contributed by atoms with Crippen LogP contribution in [0.25, 0.3) is 0 Å². The number of hydrogen-bond donors (Lipinski definition) is 2. The summed E-state index contributed by atoms with van der Waals surface area (Å²) in [6.45, 7) is 14.8. The zero-order valence-electron chi connectivity index (χ0n) is 12.2. The molecule has 0 aromatic carbocycles. The van der Waals surface area contributed by atoms with Gasteiger partial charge in [-0.25, -0.2) is 0 Å². The maximum absolute atomic E-state index is 12.1. The fourth-order valence-electron chi connectivity index (χ4n) is 2.70. The minimum absolute atomic E-state index is 0.121. The van der Waals surface area contributed by atoms with Crippen LogP contribution in [0.15, 0.2) is 0 Å². The van der Waals surface area contributed by atoms with Gasteiger partial charge in [-0.3, -0.25) is 4.79 Å². The van der Waals surface area contributed by atoms with E-state index in [1.807, 2.05) is 6.92 Å². The number of rotatable bonds is 4. The van der Waals surface area contributed by atoms with Gasteiger partial charge in [-0.15, -0.1) is 0 Å². The predicted octanol–water partition coefficient (Wildman–Crippen LogP) is 2.17. The molecule has 1 fully saturated rings. The Morgan fingerprint density at radius 1 is 1.29 bits per heavy atom. The van der Waals surface area contributed by atoms with Crippen LogP contribution in [0, 0.1) is 17.3 Å². The van der Waals surface area contributed by atoms with Crippen molar-refractivity contribution in [2.75, 3.05) is 13.1 Å². The largest absolute Gasteiger partial charge is 0.351 e. The summed E-state index contributed by atoms with van der Waals surface area (Å²) in [5.74, 6) is 0.835. The van der Waals surface area contributed by atoms with E-state index in [0.717, 1.165) is 19.5 Å². The minimum Gasteiger partial charge on any atom is -0.351 e. The van der Waals surface area contributed by atoms with E-state index in [0.29, 0.717) is 5.92 Å². The maximum atomic E-state index is 12.1. The van der Waals surface area contributed by atoms with Crippen LogP contribution in [-0.4, -0.2) is 24.5 Å². The van der Waals surface area contributed by atoms with E-state index in [1.54, 1.807) is 0 Å². The van der Waals surface area contributed by atoms with Crippen molar-refractivity contribution < 1.29 is 4.79 Å². The average Bonchev–Trinajstić information content (AvgIpc) is 1.93. The summed E-state index contributed by atoms with van der Waals surface area (Å²) in [6.07, 6.45) is 0.987. The van der Waals surface area contributed by atoms with Gasteiger partial charge in [-0.2, -0.15) is 0 Å². The molecule has 1 amide bonds. The lowest BCUT2D eigenvalue weighted by Gasteiger charge is -2.37. The number of nitrogens with one attached hydrogen (secondary N) is 2. The SMILES string of the molecule is CC(C(=O)NC(C)(C)CC(C)(C)C)C1CNC1. The Morgan fingerprint density at radius 2 is 1.82 bits per heavy atom. The highest BCUT2D eigenvalue weighted by Gasteiger charge is 2.33. The van der Waals surface area contributed by atoms with Gasteiger partial charge in [0.25, 0.3) is 0 Å². The van der Waals surface area contributed by atoms with Crippen LogP contribution in [-0.2, 0) is 4.79 Å². The number of amides is 1. The molecule has 100 valence electrons. The predicted molar refractivity (Wildman–Crippen MR) is 71.8 cm³/mol. The average molecular weight is 240 g/mol. The van der Waals surface area contributed by atoms with Crippen LogP contribution < -0.4 is 10.6 Å². The first kappa shape index (κ1) is 14.5. The van der Waals surface area contributed by atoms with Crippen molar-refractivity contribution in [3.05, 3.63) is 0 Å². The summed E-state index contributed by atoms with van der Waals surface area (Å²) in [5, 5.41) is 6.41. The molecule has 0 aliphatic carbocycles. The Kier molecular flexibility index (Phi) is 4.23. The van der Waals surface area contributed by atoms with Gasteiger partial charge in [0.15, 0.2) is 0 Å². The monoisotopic (exact) mass is 240 g/mol. The van der Waals surface area contributed by atoms with Gasteiger partial charge >= 0.3 is 0 Å². The molecule has 1 aliphatic heterocycles. The number of carbonyl (C=O) groups excluding carboxylic acids is 1. The molecule has 1 aliphatic rings. The van der Waals surface area contributed by atoms with E-state index >= 15 is 0 Å². The molecule has 1 rings (SSSR count). The molecule has 17 heavy (non-hydrogen) atoms. The second kappa shape index (κ2) is 4.97. The molecule has 2 N–H and O–H groups in total. The second-order valence-electron chi connectivity index (χ2n) is 7.32. The Hall–Kier alpha value is -0.570. The van der Waals surface area contributed by atoms with Gasteiger partial charge in [0, 0.05) is 11.5 Å². The molecule has 0 radical (unpaired) electrons. The van der Waals surface area contributed by atoms with Crippen molar-refractivity contribution in [3.8, 4) is 0 Å². The summed E-state index contributed by atoms with van der Waals surface area (Å²) in [7, 11) is 0. The molecular weight excluding hydrogens is 212 g/mol. The number of carbonyl (C=O) groups is 1. The summed E-state index contributed by atoms with van der Waals surface area (Å²) in [6, 6.07) is 0. The zero-order valence-corrected chi connectivity index (χ0v) is 12.2. The molecule has 3 heteroatoms. The molecule has 3 nitrogen and oxygen atoms in total. The van der Waals surface area contributed by atoms with Gasteiger partial charge < -0.3 is 10.6 Å². The third-order valence-corrected chi connectivity index (χ3v) is 3.37. The molecule has 0 bridgehead atoms. The third kappa shape index (κ3) is 4.66. The lowest BCUT2D eigenvalue weighted by Crippen LogP contribution is -2.53. The highest BCUT2D eigenvalue weighted by atomic mass is 16.2. The molecule has 0 saturated carbocycles. The van der Waals surface area contributed by atoms with Gasteiger partial charge in [0.2, 0.25) is 5.91 Å². The molecule has 0 aromatic heterocycles. The van der Waals surface area contributed by atoms with Crippen LogP contribution in [0.1, 0.15) is 48.0 Å². The summed E-state index contributed by atoms with van der Waals surface area (Å²) < 4.78 is 0. The molecule has 1 unspecified atom stereocenters. The lowest BCUT2D eigenvalue weighted by molar-refractivity contribution is -0.128. The molecule has 1 saturated heterocycles. The lowest BCUT2D eigenvalue weighted by atomic mass is 9.81. The molecule has 0 spiro atoms. The van der Waals surface area contributed by atoms with E-state index in [4.69, 9.17) is 0 Å². The molecule has 1 heterocycles. The first-order valence-corrected chi connectivity index (χ1v) is 6.63. The second-order valence-corrected chi connectivity index (χ2v) is 7.32. The zero-order chi connectivity index (χ0) is 13.3. The maximum Gasteiger partial charge on any atom is 0.223 e. The highest BCUT2D eigenvalue weighted by Crippen LogP contribution is 2.27. The van der Waals surface area contributed by atoms with Crippen LogP contribution >= 0.6 is 0 Å². The van der Waals surface area contributed by atoms with Crippen molar-refractivity contribution in [2.45, 2.75) is 53.5 Å². The van der Waals surface area contributed by atoms with E-state index in [-0.39, 0.29) is 22.8 Å². The topological polar surface area (TPSA) is 41.1 Å². The highest BCUT2D eigenvalue weighted by molar-refractivity contribution is 5.79. The van der Waals surface area contributed by atoms with Crippen LogP contribution in [0.3, 0.4) is 0 Å². The standard InChI is InChI=1S/C14H28N2O/c1-10(11-7-15-8-11)12(17)16-14(5,6)9-13(2,3)4/h10-11,15H,7-9H2,1-6H3,(H,16,17). The van der Waals surface area contributed by atoms with Crippen molar-refractivity contribution >= 4 is 5.91 Å². The van der Waals surface area contributed by atoms with Crippen LogP contribution in [0.4, 0.5) is 0 Å². The van der Waals surface area contributed by atoms with Crippen molar-refractivity contribution in [3.63, 3.8) is 0 Å². The molecule has 1 atom stereocenters. The normalized spacial score (nSPS) is 19.6. The van der Waals surface area contributed by atoms with Crippen molar-refractivity contribution in [1.82, 2.24) is 10.6 Å². The Labute approximate surface area is 106 Å². The quantitative estimate of drug-likeness (QED) is 0.791. The van der Waals surface area contributed by atoms with Gasteiger partial charge in [0.05, 0.1) is 0 Å². The third-order valence-electron chi connectivity index (χ3n) is 3.37. The summed E-state index contributed by atoms with van der Waals surface area (Å²) in [4.78, 5) is 12.1. The Morgan fingerprint density at radius 3 is 2.18 bits per heavy atom. The first-order chi connectivity index (χ1) is 7.61. The fourth-order valence-corrected chi connectivity index (χ4v) is 2.70. The Balaban J connectivity index is 2.48. The van der Waals surface area contributed by atoms with E-state index < -0.39 is 0 Å².